The summed E-state index contributed by atoms with van der Waals surface area (Å²) in [6.07, 6.45) is 0. The highest BCUT2D eigenvalue weighted by molar-refractivity contribution is 7.29. The van der Waals surface area contributed by atoms with Gasteiger partial charge in [-0.25, -0.2) is 0 Å². The van der Waals surface area contributed by atoms with E-state index in [1.54, 1.807) is 0 Å². The lowest BCUT2D eigenvalue weighted by Gasteiger charge is -2.35. The summed E-state index contributed by atoms with van der Waals surface area (Å²) in [4.78, 5) is 7.51. The van der Waals surface area contributed by atoms with Crippen LogP contribution in [0.4, 0.5) is 51.2 Å². The topological polar surface area (TPSA) is 22.9 Å². The molecule has 0 atom stereocenters. The number of fused-ring (bicyclic) bond motifs is 30. The Morgan fingerprint density at radius 3 is 0.832 bits per heavy atom. The molecular formula is C133H81N3OS6. The molecule has 4 nitrogen and oxygen atoms in total. The van der Waals surface area contributed by atoms with Gasteiger partial charge in [0.05, 0.1) is 67.7 Å². The molecule has 31 rings (SSSR count). The van der Waals surface area contributed by atoms with Gasteiger partial charge in [-0.3, -0.25) is 0 Å². The number of hydrogen-bond donors (Lipinski definition) is 0. The molecular weight excluding hydrogens is 1850 g/mol. The lowest BCUT2D eigenvalue weighted by molar-refractivity contribution is 0.669. The maximum absolute atomic E-state index is 6.22. The lowest BCUT2D eigenvalue weighted by Crippen LogP contribution is -2.28. The Labute approximate surface area is 847 Å². The minimum atomic E-state index is -0.483. The van der Waals surface area contributed by atoms with E-state index >= 15 is 0 Å². The number of furan rings is 1. The van der Waals surface area contributed by atoms with Crippen LogP contribution in [0.1, 0.15) is 22.3 Å². The summed E-state index contributed by atoms with van der Waals surface area (Å²) in [6, 6.07) is 180. The van der Waals surface area contributed by atoms with Gasteiger partial charge in [0.15, 0.2) is 0 Å². The minimum Gasteiger partial charge on any atom is -0.456 e. The molecule has 0 amide bonds. The molecule has 23 aromatic carbocycles. The second kappa shape index (κ2) is 33.8. The average Bonchev–Trinajstić information content (AvgIpc) is 1.53. The largest absolute Gasteiger partial charge is 0.456 e. The molecule has 143 heavy (non-hydrogen) atoms. The van der Waals surface area contributed by atoms with Crippen LogP contribution in [0.2, 0.25) is 0 Å². The van der Waals surface area contributed by atoms with E-state index in [0.717, 1.165) is 50.1 Å². The monoisotopic (exact) mass is 1930 g/mol. The van der Waals surface area contributed by atoms with Crippen molar-refractivity contribution in [2.24, 2.45) is 0 Å². The van der Waals surface area contributed by atoms with Crippen molar-refractivity contribution in [3.63, 3.8) is 0 Å². The fraction of sp³-hybridized carbons (Fsp3) is 0.00752. The first-order valence-corrected chi connectivity index (χ1v) is 53.4. The molecule has 0 bridgehead atoms. The summed E-state index contributed by atoms with van der Waals surface area (Å²) in [5.74, 6) is 0. The van der Waals surface area contributed by atoms with Crippen LogP contribution in [0.3, 0.4) is 0 Å². The normalized spacial score (nSPS) is 12.4. The van der Waals surface area contributed by atoms with Crippen molar-refractivity contribution in [2.75, 3.05) is 14.7 Å². The fourth-order valence-corrected chi connectivity index (χ4v) is 30.2. The number of para-hydroxylation sites is 1. The summed E-state index contributed by atoms with van der Waals surface area (Å²) in [5, 5.41) is 25.7. The van der Waals surface area contributed by atoms with Gasteiger partial charge in [0.25, 0.3) is 0 Å². The number of hydrogen-bond acceptors (Lipinski definition) is 10. The summed E-state index contributed by atoms with van der Waals surface area (Å²) < 4.78 is 21.9. The summed E-state index contributed by atoms with van der Waals surface area (Å²) in [7, 11) is 0. The Kier molecular flexibility index (Phi) is 19.7. The third kappa shape index (κ3) is 13.3. The lowest BCUT2D eigenvalue weighted by atomic mass is 9.67. The number of anilines is 9. The third-order valence-corrected chi connectivity index (χ3v) is 36.5. The second-order valence-electron chi connectivity index (χ2n) is 37.0. The van der Waals surface area contributed by atoms with E-state index in [9.17, 15) is 0 Å². The Bertz CT molecular complexity index is 9980. The van der Waals surface area contributed by atoms with Crippen molar-refractivity contribution in [3.05, 3.63) is 514 Å². The molecule has 0 saturated carbocycles. The summed E-state index contributed by atoms with van der Waals surface area (Å²) >= 11 is 11.3. The average molecular weight is 1930 g/mol. The van der Waals surface area contributed by atoms with E-state index in [-0.39, 0.29) is 0 Å². The van der Waals surface area contributed by atoms with E-state index in [1.165, 1.54) is 221 Å². The highest BCUT2D eigenvalue weighted by Gasteiger charge is 2.47. The van der Waals surface area contributed by atoms with Crippen molar-refractivity contribution in [1.29, 1.82) is 0 Å². The molecule has 0 unspecified atom stereocenters. The molecule has 0 fully saturated rings. The van der Waals surface area contributed by atoms with Gasteiger partial charge >= 0.3 is 0 Å². The fourth-order valence-electron chi connectivity index (χ4n) is 23.0. The number of nitrogens with zero attached hydrogens (tertiary/aromatic N) is 3. The SMILES string of the molecule is c1ccc(C2(c3ccccc3)c3ccccc3-c3ccc(N(c4cccc5c4sc4ccccc45)c4cccc5c4sc4ccccc45)cc32)cc1.c1ccc2c(c1)oc1cc(-c3ccc(N(c4cccc5c4sc4ccccc45)c4cccc5c4sc4ccccc45)cc3)ccc12.c1ccc2c(c1)sc1c(N(c3ccc4c5ccccc5c5ccccc5c4c3)c3cccc4c3sc3ccccc34)cccc12. The smallest absolute Gasteiger partial charge is 0.136 e. The molecule has 7 heterocycles. The van der Waals surface area contributed by atoms with Gasteiger partial charge in [0.2, 0.25) is 0 Å². The van der Waals surface area contributed by atoms with Crippen LogP contribution in [-0.2, 0) is 5.41 Å². The predicted molar refractivity (Wildman–Crippen MR) is 623 cm³/mol. The van der Waals surface area contributed by atoms with E-state index in [0.29, 0.717) is 0 Å². The molecule has 7 aromatic heterocycles. The first-order valence-electron chi connectivity index (χ1n) is 48.5. The zero-order chi connectivity index (χ0) is 93.9. The van der Waals surface area contributed by atoms with Crippen molar-refractivity contribution in [1.82, 2.24) is 0 Å². The standard InChI is InChI=1S/C49H31NS2.C42H25NOS2.C42H25NS2/c1-3-15-32(16-4-1)49(33-17-5-2-6-18-33)41-24-10-7-19-35(41)36-30-29-34(31-42(36)49)50(43-25-13-22-39-37-20-8-11-27-45(37)51-47(39)43)44-26-14-23-40-38-21-9-12-28-46(38)52-48(40)44;1-4-16-37-29(9-1)30-24-21-27(25-38(30)44-37)26-19-22-28(23-20-26)43(35-14-7-12-33-31-10-2-5-17-39(31)45-41(33)35)36-15-8-13-34-32-11-3-6-18-40(32)46-42(34)36;1-2-13-29-27(11-1)28-12-3-4-14-30(28)36-25-26(23-24-31(29)36)43(37-19-9-17-34-32-15-5-7-21-39(32)44-41(34)37)38-20-10-18-35-33-16-6-8-22-40(33)45-42(35)38/h1-31H;1-25H;1-25H. The van der Waals surface area contributed by atoms with Crippen LogP contribution in [0.15, 0.2) is 496 Å². The van der Waals surface area contributed by atoms with Crippen LogP contribution in [-0.4, -0.2) is 0 Å². The molecule has 30 aromatic rings. The maximum atomic E-state index is 6.22. The van der Waals surface area contributed by atoms with Crippen molar-refractivity contribution >= 4 is 294 Å². The second-order valence-corrected chi connectivity index (χ2v) is 43.3. The number of rotatable bonds is 12. The van der Waals surface area contributed by atoms with Gasteiger partial charge < -0.3 is 19.1 Å². The Morgan fingerprint density at radius 2 is 0.434 bits per heavy atom. The van der Waals surface area contributed by atoms with Gasteiger partial charge in [-0.2, -0.15) is 0 Å². The Balaban J connectivity index is 0.000000103. The predicted octanol–water partition coefficient (Wildman–Crippen LogP) is 41.1. The van der Waals surface area contributed by atoms with Gasteiger partial charge in [-0.1, -0.05) is 364 Å². The first-order chi connectivity index (χ1) is 70.9. The van der Waals surface area contributed by atoms with Crippen molar-refractivity contribution in [3.8, 4) is 22.3 Å². The highest BCUT2D eigenvalue weighted by atomic mass is 32.1. The summed E-state index contributed by atoms with van der Waals surface area (Å²) in [5.41, 5.74) is 22.1. The molecule has 0 spiro atoms. The third-order valence-electron chi connectivity index (χ3n) is 29.3. The van der Waals surface area contributed by atoms with Gasteiger partial charge in [-0.15, -0.1) is 68.0 Å². The van der Waals surface area contributed by atoms with E-state index in [1.807, 2.05) is 80.2 Å². The molecule has 0 N–H and O–H groups in total. The van der Waals surface area contributed by atoms with Crippen molar-refractivity contribution in [2.45, 2.75) is 5.41 Å². The number of benzene rings is 23. The highest BCUT2D eigenvalue weighted by Crippen LogP contribution is 2.60. The Morgan fingerprint density at radius 1 is 0.161 bits per heavy atom. The van der Waals surface area contributed by atoms with Crippen molar-refractivity contribution < 1.29 is 4.42 Å². The van der Waals surface area contributed by atoms with Crippen LogP contribution >= 0.6 is 68.0 Å². The molecule has 10 heteroatoms. The molecule has 0 radical (unpaired) electrons. The molecule has 0 aliphatic heterocycles. The minimum absolute atomic E-state index is 0.483. The Hall–Kier alpha value is -16.6. The number of thiophene rings is 6. The first kappa shape index (κ1) is 83.3. The zero-order valence-corrected chi connectivity index (χ0v) is 81.9. The molecule has 1 aliphatic rings. The quantitative estimate of drug-likeness (QED) is 0.114. The summed E-state index contributed by atoms with van der Waals surface area (Å²) in [6.45, 7) is 0. The zero-order valence-electron chi connectivity index (χ0n) is 77.0. The molecule has 0 saturated heterocycles. The van der Waals surface area contributed by atoms with Crippen LogP contribution < -0.4 is 14.7 Å². The maximum Gasteiger partial charge on any atom is 0.136 e. The van der Waals surface area contributed by atoms with Gasteiger partial charge in [0, 0.05) is 121 Å². The van der Waals surface area contributed by atoms with Crippen LogP contribution in [0.5, 0.6) is 0 Å². The molecule has 670 valence electrons. The van der Waals surface area contributed by atoms with Gasteiger partial charge in [-0.05, 0) is 204 Å². The van der Waals surface area contributed by atoms with E-state index in [4.69, 9.17) is 4.42 Å². The molecule has 1 aliphatic carbocycles. The van der Waals surface area contributed by atoms with Crippen LogP contribution in [0, 0.1) is 0 Å². The van der Waals surface area contributed by atoms with E-state index in [2.05, 4.69) is 494 Å². The van der Waals surface area contributed by atoms with Crippen LogP contribution in [0.25, 0.3) is 198 Å². The van der Waals surface area contributed by atoms with E-state index < -0.39 is 5.41 Å². The van der Waals surface area contributed by atoms with Gasteiger partial charge in [0.1, 0.15) is 11.2 Å².